The minimum Gasteiger partial charge on any atom is -0.495 e. The van der Waals surface area contributed by atoms with Crippen LogP contribution in [0.1, 0.15) is 37.3 Å². The highest BCUT2D eigenvalue weighted by Gasteiger charge is 2.15. The Morgan fingerprint density at radius 2 is 2.16 bits per heavy atom. The fraction of sp³-hybridized carbons (Fsp3) is 0.429. The number of nitrogens with zero attached hydrogens (tertiary/aromatic N) is 3. The van der Waals surface area contributed by atoms with Crippen LogP contribution < -0.4 is 4.74 Å². The van der Waals surface area contributed by atoms with Crippen molar-refractivity contribution in [1.82, 2.24) is 14.8 Å². The van der Waals surface area contributed by atoms with Gasteiger partial charge in [0.05, 0.1) is 25.1 Å². The minimum atomic E-state index is -0.645. The molecular weight excluding hydrogens is 242 g/mol. The fourth-order valence-electron chi connectivity index (χ4n) is 1.92. The fourth-order valence-corrected chi connectivity index (χ4v) is 1.92. The smallest absolute Gasteiger partial charge is 0.142 e. The van der Waals surface area contributed by atoms with Gasteiger partial charge in [0.15, 0.2) is 0 Å². The number of hydrogen-bond donors (Lipinski definition) is 1. The molecule has 5 heteroatoms. The maximum Gasteiger partial charge on any atom is 0.142 e. The number of aliphatic hydroxyl groups is 1. The molecule has 19 heavy (non-hydrogen) atoms. The Labute approximate surface area is 112 Å². The predicted molar refractivity (Wildman–Crippen MR) is 72.1 cm³/mol. The summed E-state index contributed by atoms with van der Waals surface area (Å²) in [7, 11) is 1.57. The van der Waals surface area contributed by atoms with E-state index < -0.39 is 6.10 Å². The summed E-state index contributed by atoms with van der Waals surface area (Å²) in [6.45, 7) is 4.14. The lowest BCUT2D eigenvalue weighted by molar-refractivity contribution is 0.172. The van der Waals surface area contributed by atoms with Crippen LogP contribution in [0.5, 0.6) is 5.75 Å². The molecule has 2 rings (SSSR count). The summed E-state index contributed by atoms with van der Waals surface area (Å²) in [5, 5.41) is 14.7. The highest BCUT2D eigenvalue weighted by molar-refractivity contribution is 5.32. The molecule has 0 aliphatic rings. The second-order valence-corrected chi connectivity index (χ2v) is 4.72. The Hall–Kier alpha value is -1.88. The third-order valence-electron chi connectivity index (χ3n) is 2.99. The van der Waals surface area contributed by atoms with Crippen molar-refractivity contribution in [1.29, 1.82) is 0 Å². The molecule has 2 aromatic rings. The molecule has 1 N–H and O–H groups in total. The summed E-state index contributed by atoms with van der Waals surface area (Å²) >= 11 is 0. The quantitative estimate of drug-likeness (QED) is 0.895. The van der Waals surface area contributed by atoms with Crippen molar-refractivity contribution in [3.8, 4) is 5.75 Å². The molecule has 5 nitrogen and oxygen atoms in total. The van der Waals surface area contributed by atoms with Crippen LogP contribution in [0.4, 0.5) is 0 Å². The first-order valence-corrected chi connectivity index (χ1v) is 6.31. The Morgan fingerprint density at radius 1 is 1.37 bits per heavy atom. The monoisotopic (exact) mass is 261 g/mol. The van der Waals surface area contributed by atoms with Gasteiger partial charge in [-0.1, -0.05) is 0 Å². The molecule has 0 aliphatic heterocycles. The summed E-state index contributed by atoms with van der Waals surface area (Å²) in [5.41, 5.74) is 1.59. The van der Waals surface area contributed by atoms with Crippen molar-refractivity contribution in [2.24, 2.45) is 0 Å². The molecule has 2 aromatic heterocycles. The lowest BCUT2D eigenvalue weighted by atomic mass is 10.1. The highest BCUT2D eigenvalue weighted by atomic mass is 16.5. The number of methoxy groups -OCH3 is 1. The molecule has 0 saturated carbocycles. The van der Waals surface area contributed by atoms with Crippen LogP contribution in [0.25, 0.3) is 0 Å². The zero-order valence-corrected chi connectivity index (χ0v) is 11.4. The molecule has 0 fully saturated rings. The first kappa shape index (κ1) is 13.5. The number of rotatable bonds is 5. The molecular formula is C14H19N3O2. The van der Waals surface area contributed by atoms with Crippen molar-refractivity contribution in [3.63, 3.8) is 0 Å². The number of ether oxygens (including phenoxy) is 1. The van der Waals surface area contributed by atoms with E-state index in [1.54, 1.807) is 25.6 Å². The van der Waals surface area contributed by atoms with Gasteiger partial charge in [-0.15, -0.1) is 0 Å². The van der Waals surface area contributed by atoms with Crippen LogP contribution in [-0.2, 0) is 6.42 Å². The average molecular weight is 261 g/mol. The van der Waals surface area contributed by atoms with E-state index in [-0.39, 0.29) is 0 Å². The predicted octanol–water partition coefficient (Wildman–Crippen LogP) is 2.14. The summed E-state index contributed by atoms with van der Waals surface area (Å²) in [6, 6.07) is 4.01. The van der Waals surface area contributed by atoms with Crippen molar-refractivity contribution in [2.75, 3.05) is 7.11 Å². The molecule has 0 bridgehead atoms. The van der Waals surface area contributed by atoms with Gasteiger partial charge in [0.2, 0.25) is 0 Å². The zero-order chi connectivity index (χ0) is 13.8. The van der Waals surface area contributed by atoms with Crippen molar-refractivity contribution in [2.45, 2.75) is 32.4 Å². The standard InChI is InChI=1S/C14H19N3O2/c1-10(2)17-7-5-11(16-17)8-13(18)12-4-6-15-9-14(12)19-3/h4-7,9-10,13,18H,8H2,1-3H3. The molecule has 1 unspecified atom stereocenters. The third kappa shape index (κ3) is 3.12. The first-order valence-electron chi connectivity index (χ1n) is 6.31. The summed E-state index contributed by atoms with van der Waals surface area (Å²) in [5.74, 6) is 0.596. The lowest BCUT2D eigenvalue weighted by Crippen LogP contribution is -2.06. The van der Waals surface area contributed by atoms with Gasteiger partial charge in [-0.3, -0.25) is 9.67 Å². The van der Waals surface area contributed by atoms with Gasteiger partial charge in [0.1, 0.15) is 5.75 Å². The Morgan fingerprint density at radius 3 is 2.79 bits per heavy atom. The molecule has 0 spiro atoms. The Bertz CT molecular complexity index is 537. The van der Waals surface area contributed by atoms with Crippen LogP contribution >= 0.6 is 0 Å². The van der Waals surface area contributed by atoms with E-state index in [0.29, 0.717) is 18.2 Å². The summed E-state index contributed by atoms with van der Waals surface area (Å²) in [6.07, 6.45) is 4.99. The molecule has 0 aliphatic carbocycles. The molecule has 0 amide bonds. The van der Waals surface area contributed by atoms with Crippen LogP contribution in [0.2, 0.25) is 0 Å². The maximum atomic E-state index is 10.3. The lowest BCUT2D eigenvalue weighted by Gasteiger charge is -2.13. The average Bonchev–Trinajstić information content (AvgIpc) is 2.87. The number of pyridine rings is 1. The molecule has 0 aromatic carbocycles. The van der Waals surface area contributed by atoms with E-state index in [9.17, 15) is 5.11 Å². The minimum absolute atomic E-state index is 0.321. The van der Waals surface area contributed by atoms with Crippen LogP contribution in [-0.4, -0.2) is 27.0 Å². The highest BCUT2D eigenvalue weighted by Crippen LogP contribution is 2.26. The summed E-state index contributed by atoms with van der Waals surface area (Å²) in [4.78, 5) is 3.98. The van der Waals surface area contributed by atoms with E-state index >= 15 is 0 Å². The van der Waals surface area contributed by atoms with Gasteiger partial charge in [0, 0.05) is 30.4 Å². The van der Waals surface area contributed by atoms with E-state index in [0.717, 1.165) is 11.3 Å². The molecule has 1 atom stereocenters. The number of hydrogen-bond acceptors (Lipinski definition) is 4. The third-order valence-corrected chi connectivity index (χ3v) is 2.99. The van der Waals surface area contributed by atoms with Gasteiger partial charge in [-0.25, -0.2) is 0 Å². The van der Waals surface area contributed by atoms with Crippen LogP contribution in [0, 0.1) is 0 Å². The van der Waals surface area contributed by atoms with Gasteiger partial charge >= 0.3 is 0 Å². The number of aromatic nitrogens is 3. The molecule has 0 saturated heterocycles. The van der Waals surface area contributed by atoms with Crippen LogP contribution in [0.15, 0.2) is 30.7 Å². The van der Waals surface area contributed by atoms with Gasteiger partial charge in [-0.05, 0) is 26.0 Å². The molecule has 2 heterocycles. The van der Waals surface area contributed by atoms with Gasteiger partial charge < -0.3 is 9.84 Å². The normalized spacial score (nSPS) is 12.7. The zero-order valence-electron chi connectivity index (χ0n) is 11.4. The second-order valence-electron chi connectivity index (χ2n) is 4.72. The van der Waals surface area contributed by atoms with Gasteiger partial charge in [0.25, 0.3) is 0 Å². The second kappa shape index (κ2) is 5.84. The first-order chi connectivity index (χ1) is 9.11. The largest absolute Gasteiger partial charge is 0.495 e. The van der Waals surface area contributed by atoms with E-state index in [1.807, 2.05) is 16.9 Å². The van der Waals surface area contributed by atoms with Gasteiger partial charge in [-0.2, -0.15) is 5.10 Å². The Balaban J connectivity index is 2.13. The molecule has 102 valence electrons. The maximum absolute atomic E-state index is 10.3. The molecule has 0 radical (unpaired) electrons. The van der Waals surface area contributed by atoms with Crippen molar-refractivity contribution in [3.05, 3.63) is 42.0 Å². The topological polar surface area (TPSA) is 60.2 Å². The summed E-state index contributed by atoms with van der Waals surface area (Å²) < 4.78 is 7.08. The Kier molecular flexibility index (Phi) is 4.16. The van der Waals surface area contributed by atoms with Crippen LogP contribution in [0.3, 0.4) is 0 Å². The van der Waals surface area contributed by atoms with E-state index in [4.69, 9.17) is 4.74 Å². The van der Waals surface area contributed by atoms with Crippen molar-refractivity contribution >= 4 is 0 Å². The SMILES string of the molecule is COc1cnccc1C(O)Cc1ccn(C(C)C)n1. The van der Waals surface area contributed by atoms with E-state index in [2.05, 4.69) is 23.9 Å². The van der Waals surface area contributed by atoms with Crippen molar-refractivity contribution < 1.29 is 9.84 Å². The van der Waals surface area contributed by atoms with E-state index in [1.165, 1.54) is 0 Å². The number of aliphatic hydroxyl groups excluding tert-OH is 1.